The molecule has 0 fully saturated rings. The Balaban J connectivity index is 1.03. The summed E-state index contributed by atoms with van der Waals surface area (Å²) in [4.78, 5) is 4.70. The molecule has 12 aromatic rings. The summed E-state index contributed by atoms with van der Waals surface area (Å²) in [6.45, 7) is 13.2. The first-order chi connectivity index (χ1) is 32.2. The molecular weight excluding hydrogens is 805 g/mol. The first kappa shape index (κ1) is 39.5. The van der Waals surface area contributed by atoms with E-state index in [0.717, 1.165) is 111 Å². The lowest BCUT2D eigenvalue weighted by atomic mass is 9.97. The fourth-order valence-electron chi connectivity index (χ4n) is 10.1. The molecule has 0 unspecified atom stereocenters. The second-order valence-corrected chi connectivity index (χ2v) is 18.1. The fraction of sp³-hybridized carbons (Fsp3) is 0.0968. The maximum absolute atomic E-state index is 7.01. The molecule has 0 radical (unpaired) electrons. The predicted molar refractivity (Wildman–Crippen MR) is 279 cm³/mol. The summed E-state index contributed by atoms with van der Waals surface area (Å²) >= 11 is 0. The monoisotopic (exact) mass is 852 g/mol. The molecule has 66 heavy (non-hydrogen) atoms. The van der Waals surface area contributed by atoms with E-state index >= 15 is 0 Å². The minimum atomic E-state index is 0.823. The molecule has 0 atom stereocenters. The van der Waals surface area contributed by atoms with E-state index in [0.29, 0.717) is 0 Å². The first-order valence-corrected chi connectivity index (χ1v) is 22.8. The molecule has 0 amide bonds. The number of rotatable bonds is 7. The molecule has 4 nitrogen and oxygen atoms in total. The highest BCUT2D eigenvalue weighted by Gasteiger charge is 2.23. The third-order valence-electron chi connectivity index (χ3n) is 14.0. The van der Waals surface area contributed by atoms with Crippen molar-refractivity contribution in [3.05, 3.63) is 215 Å². The summed E-state index contributed by atoms with van der Waals surface area (Å²) in [5, 5.41) is 8.82. The number of benzene rings is 10. The normalized spacial score (nSPS) is 11.8. The first-order valence-electron chi connectivity index (χ1n) is 22.8. The summed E-state index contributed by atoms with van der Waals surface area (Å²) in [5.74, 6) is 0. The Morgan fingerprint density at radius 2 is 0.697 bits per heavy atom. The van der Waals surface area contributed by atoms with E-state index in [1.807, 2.05) is 0 Å². The Morgan fingerprint density at radius 1 is 0.303 bits per heavy atom. The Labute approximate surface area is 384 Å². The highest BCUT2D eigenvalue weighted by molar-refractivity contribution is 6.24. The molecule has 0 saturated heterocycles. The van der Waals surface area contributed by atoms with Crippen LogP contribution in [0.15, 0.2) is 191 Å². The lowest BCUT2D eigenvalue weighted by Crippen LogP contribution is -2.10. The van der Waals surface area contributed by atoms with Crippen molar-refractivity contribution in [2.75, 3.05) is 9.80 Å². The Morgan fingerprint density at radius 3 is 1.11 bits per heavy atom. The van der Waals surface area contributed by atoms with Crippen LogP contribution in [0, 0.1) is 41.5 Å². The van der Waals surface area contributed by atoms with Crippen LogP contribution in [0.3, 0.4) is 0 Å². The SMILES string of the molecule is Cc1cc(N(c2ccccc2)c2ccc3cc4c(cc3c2)oc2c(-c3ccccc3)c3oc5cc6cc(N(c7ccccc7)c7cc(C)c(C)c(C)c7)ccc6cc5c3cc24)cc(C)c1C. The van der Waals surface area contributed by atoms with Crippen molar-refractivity contribution in [2.45, 2.75) is 41.5 Å². The number of aryl methyl sites for hydroxylation is 4. The molecule has 12 rings (SSSR count). The third kappa shape index (κ3) is 6.43. The molecule has 0 aliphatic heterocycles. The highest BCUT2D eigenvalue weighted by Crippen LogP contribution is 2.47. The summed E-state index contributed by atoms with van der Waals surface area (Å²) in [7, 11) is 0. The maximum atomic E-state index is 7.01. The van der Waals surface area contributed by atoms with Gasteiger partial charge in [0.1, 0.15) is 22.3 Å². The number of hydrogen-bond donors (Lipinski definition) is 0. The zero-order chi connectivity index (χ0) is 44.8. The minimum Gasteiger partial charge on any atom is -0.455 e. The maximum Gasteiger partial charge on any atom is 0.147 e. The third-order valence-corrected chi connectivity index (χ3v) is 14.0. The van der Waals surface area contributed by atoms with Gasteiger partial charge in [-0.25, -0.2) is 0 Å². The zero-order valence-electron chi connectivity index (χ0n) is 38.0. The van der Waals surface area contributed by atoms with Gasteiger partial charge in [-0.15, -0.1) is 0 Å². The van der Waals surface area contributed by atoms with Crippen LogP contribution in [0.2, 0.25) is 0 Å². The Bertz CT molecular complexity index is 3600. The van der Waals surface area contributed by atoms with Crippen LogP contribution in [0.1, 0.15) is 33.4 Å². The number of para-hydroxylation sites is 2. The fourth-order valence-corrected chi connectivity index (χ4v) is 10.1. The molecule has 0 spiro atoms. The Hall–Kier alpha value is -8.08. The van der Waals surface area contributed by atoms with Crippen LogP contribution in [0.5, 0.6) is 0 Å². The molecule has 0 aliphatic rings. The molecule has 0 aliphatic carbocycles. The number of hydrogen-bond acceptors (Lipinski definition) is 4. The van der Waals surface area contributed by atoms with Crippen molar-refractivity contribution in [1.82, 2.24) is 0 Å². The molecule has 2 heterocycles. The molecule has 0 saturated carbocycles. The summed E-state index contributed by atoms with van der Waals surface area (Å²) in [5.41, 5.74) is 19.8. The second-order valence-electron chi connectivity index (χ2n) is 18.1. The lowest BCUT2D eigenvalue weighted by molar-refractivity contribution is 0.658. The average molecular weight is 853 g/mol. The van der Waals surface area contributed by atoms with Gasteiger partial charge in [-0.1, -0.05) is 78.9 Å². The number of anilines is 6. The molecule has 318 valence electrons. The summed E-state index contributed by atoms with van der Waals surface area (Å²) < 4.78 is 14.0. The van der Waals surface area contributed by atoms with Gasteiger partial charge in [0.05, 0.1) is 5.56 Å². The number of furan rings is 2. The van der Waals surface area contributed by atoms with Crippen molar-refractivity contribution in [3.63, 3.8) is 0 Å². The Kier molecular flexibility index (Phi) is 9.15. The average Bonchev–Trinajstić information content (AvgIpc) is 3.87. The van der Waals surface area contributed by atoms with Crippen LogP contribution in [-0.4, -0.2) is 0 Å². The van der Waals surface area contributed by atoms with Crippen LogP contribution >= 0.6 is 0 Å². The minimum absolute atomic E-state index is 0.823. The predicted octanol–water partition coefficient (Wildman–Crippen LogP) is 18.2. The molecular formula is C62H48N2O2. The second kappa shape index (κ2) is 15.3. The summed E-state index contributed by atoms with van der Waals surface area (Å²) in [6.07, 6.45) is 0. The number of nitrogens with zero attached hydrogens (tertiary/aromatic N) is 2. The largest absolute Gasteiger partial charge is 0.455 e. The standard InChI is InChI=1S/C62H48N2O2/c1-37-26-52(27-38(2)41(37)5)63(48-18-12-8-13-19-48)50-24-22-44-32-54-56-36-57-55-33-45-23-25-51(64(49-20-14-9-15-21-49)53-28-39(3)42(6)40(4)29-53)31-47(45)35-59(55)66-62(57)60(43-16-10-7-11-17-43)61(56)65-58(54)34-46(44)30-50/h7-36H,1-6H3. The van der Waals surface area contributed by atoms with Crippen molar-refractivity contribution in [2.24, 2.45) is 0 Å². The zero-order valence-corrected chi connectivity index (χ0v) is 38.0. The van der Waals surface area contributed by atoms with Gasteiger partial charge >= 0.3 is 0 Å². The van der Waals surface area contributed by atoms with Gasteiger partial charge in [0.2, 0.25) is 0 Å². The lowest BCUT2D eigenvalue weighted by Gasteiger charge is -2.27. The molecule has 2 aromatic heterocycles. The van der Waals surface area contributed by atoms with E-state index in [9.17, 15) is 0 Å². The van der Waals surface area contributed by atoms with Crippen molar-refractivity contribution >= 4 is 99.5 Å². The van der Waals surface area contributed by atoms with Gasteiger partial charge < -0.3 is 18.6 Å². The molecule has 0 bridgehead atoms. The van der Waals surface area contributed by atoms with Gasteiger partial charge in [-0.3, -0.25) is 0 Å². The van der Waals surface area contributed by atoms with Crippen LogP contribution < -0.4 is 9.80 Å². The van der Waals surface area contributed by atoms with Crippen LogP contribution in [0.25, 0.3) is 76.5 Å². The van der Waals surface area contributed by atoms with Crippen molar-refractivity contribution in [1.29, 1.82) is 0 Å². The van der Waals surface area contributed by atoms with Crippen molar-refractivity contribution < 1.29 is 8.83 Å². The van der Waals surface area contributed by atoms with Crippen LogP contribution in [0.4, 0.5) is 34.1 Å². The van der Waals surface area contributed by atoms with Gasteiger partial charge in [-0.05, 0) is 205 Å². The van der Waals surface area contributed by atoms with E-state index in [-0.39, 0.29) is 0 Å². The van der Waals surface area contributed by atoms with Crippen molar-refractivity contribution in [3.8, 4) is 11.1 Å². The van der Waals surface area contributed by atoms with E-state index in [4.69, 9.17) is 8.83 Å². The van der Waals surface area contributed by atoms with Gasteiger partial charge in [0, 0.05) is 55.7 Å². The van der Waals surface area contributed by atoms with Gasteiger partial charge in [0.25, 0.3) is 0 Å². The molecule has 10 aromatic carbocycles. The topological polar surface area (TPSA) is 32.8 Å². The molecule has 0 N–H and O–H groups in total. The van der Waals surface area contributed by atoms with Gasteiger partial charge in [0.15, 0.2) is 0 Å². The van der Waals surface area contributed by atoms with E-state index < -0.39 is 0 Å². The van der Waals surface area contributed by atoms with E-state index in [2.05, 4.69) is 233 Å². The smallest absolute Gasteiger partial charge is 0.147 e. The molecule has 4 heteroatoms. The van der Waals surface area contributed by atoms with E-state index in [1.165, 1.54) is 33.4 Å². The highest BCUT2D eigenvalue weighted by atomic mass is 16.3. The number of fused-ring (bicyclic) bond motifs is 8. The summed E-state index contributed by atoms with van der Waals surface area (Å²) in [6, 6.07) is 65.8. The van der Waals surface area contributed by atoms with Crippen LogP contribution in [-0.2, 0) is 0 Å². The van der Waals surface area contributed by atoms with E-state index in [1.54, 1.807) is 0 Å². The quantitative estimate of drug-likeness (QED) is 0.160. The van der Waals surface area contributed by atoms with Gasteiger partial charge in [-0.2, -0.15) is 0 Å².